The van der Waals surface area contributed by atoms with Crippen molar-refractivity contribution in [3.63, 3.8) is 0 Å². The maximum Gasteiger partial charge on any atom is 0.133 e. The number of phenols is 1. The van der Waals surface area contributed by atoms with Gasteiger partial charge in [-0.3, -0.25) is 0 Å². The van der Waals surface area contributed by atoms with E-state index in [0.29, 0.717) is 5.25 Å². The first-order valence-corrected chi connectivity index (χ1v) is 7.81. The number of benzene rings is 1. The van der Waals surface area contributed by atoms with Gasteiger partial charge in [0.25, 0.3) is 0 Å². The molecule has 1 aliphatic rings. The summed E-state index contributed by atoms with van der Waals surface area (Å²) in [6.07, 6.45) is 5.79. The van der Waals surface area contributed by atoms with Crippen molar-refractivity contribution >= 4 is 28.4 Å². The summed E-state index contributed by atoms with van der Waals surface area (Å²) in [4.78, 5) is 4.40. The number of thioether (sulfide) groups is 1. The summed E-state index contributed by atoms with van der Waals surface area (Å²) < 4.78 is 0. The van der Waals surface area contributed by atoms with Crippen LogP contribution < -0.4 is 5.32 Å². The molecule has 1 aromatic heterocycles. The highest BCUT2D eigenvalue weighted by molar-refractivity contribution is 7.99. The minimum Gasteiger partial charge on any atom is -0.508 e. The zero-order valence-electron chi connectivity index (χ0n) is 10.8. The van der Waals surface area contributed by atoms with E-state index in [9.17, 15) is 5.11 Å². The molecule has 1 fully saturated rings. The molecule has 0 aliphatic carbocycles. The summed E-state index contributed by atoms with van der Waals surface area (Å²) in [7, 11) is 0. The van der Waals surface area contributed by atoms with Gasteiger partial charge in [-0.15, -0.1) is 0 Å². The molecular weight excluding hydrogens is 256 g/mol. The Kier molecular flexibility index (Phi) is 3.78. The molecule has 100 valence electrons. The highest BCUT2D eigenvalue weighted by Crippen LogP contribution is 2.28. The number of anilines is 1. The average Bonchev–Trinajstić information content (AvgIpc) is 2.46. The van der Waals surface area contributed by atoms with Crippen LogP contribution in [0.5, 0.6) is 5.75 Å². The summed E-state index contributed by atoms with van der Waals surface area (Å²) in [6.45, 7) is 0.951. The molecule has 4 heteroatoms. The number of nitrogens with zero attached hydrogens (tertiary/aromatic N) is 1. The van der Waals surface area contributed by atoms with E-state index in [1.54, 1.807) is 12.1 Å². The van der Waals surface area contributed by atoms with E-state index in [1.807, 2.05) is 18.3 Å². The fraction of sp³-hybridized carbons (Fsp3) is 0.400. The van der Waals surface area contributed by atoms with E-state index >= 15 is 0 Å². The van der Waals surface area contributed by atoms with Crippen molar-refractivity contribution in [3.8, 4) is 5.75 Å². The van der Waals surface area contributed by atoms with Crippen molar-refractivity contribution in [2.45, 2.75) is 24.5 Å². The van der Waals surface area contributed by atoms with Crippen LogP contribution in [0.25, 0.3) is 10.8 Å². The van der Waals surface area contributed by atoms with E-state index in [1.165, 1.54) is 25.0 Å². The zero-order chi connectivity index (χ0) is 13.1. The molecule has 0 saturated carbocycles. The molecule has 0 amide bonds. The molecule has 3 rings (SSSR count). The smallest absolute Gasteiger partial charge is 0.133 e. The van der Waals surface area contributed by atoms with Crippen molar-refractivity contribution in [2.24, 2.45) is 0 Å². The van der Waals surface area contributed by atoms with Gasteiger partial charge >= 0.3 is 0 Å². The topological polar surface area (TPSA) is 45.2 Å². The number of hydrogen-bond acceptors (Lipinski definition) is 4. The first-order valence-electron chi connectivity index (χ1n) is 6.76. The first kappa shape index (κ1) is 12.6. The quantitative estimate of drug-likeness (QED) is 0.897. The zero-order valence-corrected chi connectivity index (χ0v) is 11.6. The molecule has 1 aromatic carbocycles. The van der Waals surface area contributed by atoms with Gasteiger partial charge in [0.15, 0.2) is 0 Å². The molecule has 1 saturated heterocycles. The van der Waals surface area contributed by atoms with Gasteiger partial charge < -0.3 is 10.4 Å². The van der Waals surface area contributed by atoms with Gasteiger partial charge in [0.05, 0.1) is 0 Å². The van der Waals surface area contributed by atoms with Crippen LogP contribution in [0.2, 0.25) is 0 Å². The molecule has 19 heavy (non-hydrogen) atoms. The molecule has 1 unspecified atom stereocenters. The van der Waals surface area contributed by atoms with Crippen LogP contribution in [0.1, 0.15) is 19.3 Å². The van der Waals surface area contributed by atoms with E-state index in [0.717, 1.165) is 23.1 Å². The van der Waals surface area contributed by atoms with Gasteiger partial charge in [-0.1, -0.05) is 12.5 Å². The van der Waals surface area contributed by atoms with Crippen molar-refractivity contribution in [1.29, 1.82) is 0 Å². The lowest BCUT2D eigenvalue weighted by Gasteiger charge is -2.22. The maximum absolute atomic E-state index is 9.61. The van der Waals surface area contributed by atoms with Crippen molar-refractivity contribution in [1.82, 2.24) is 4.98 Å². The monoisotopic (exact) mass is 274 g/mol. The molecule has 1 aliphatic heterocycles. The normalized spacial score (nSPS) is 19.5. The second-order valence-corrected chi connectivity index (χ2v) is 6.34. The second kappa shape index (κ2) is 5.70. The Morgan fingerprint density at radius 1 is 1.32 bits per heavy atom. The van der Waals surface area contributed by atoms with E-state index in [2.05, 4.69) is 22.1 Å². The number of rotatable bonds is 3. The lowest BCUT2D eigenvalue weighted by Crippen LogP contribution is -2.20. The number of nitrogens with one attached hydrogen (secondary N) is 1. The number of phenolic OH excluding ortho intramolecular Hbond substituents is 1. The van der Waals surface area contributed by atoms with Gasteiger partial charge in [-0.25, -0.2) is 4.98 Å². The Bertz CT molecular complexity index is 567. The Labute approximate surface area is 117 Å². The van der Waals surface area contributed by atoms with Gasteiger partial charge in [0.1, 0.15) is 11.6 Å². The van der Waals surface area contributed by atoms with Gasteiger partial charge in [0, 0.05) is 23.4 Å². The van der Waals surface area contributed by atoms with Crippen LogP contribution >= 0.6 is 11.8 Å². The Hall–Kier alpha value is -1.42. The fourth-order valence-electron chi connectivity index (χ4n) is 2.48. The lowest BCUT2D eigenvalue weighted by atomic mass is 10.1. The third kappa shape index (κ3) is 2.95. The number of aromatic hydroxyl groups is 1. The van der Waals surface area contributed by atoms with Gasteiger partial charge in [-0.2, -0.15) is 11.8 Å². The van der Waals surface area contributed by atoms with Crippen LogP contribution in [0.4, 0.5) is 5.82 Å². The van der Waals surface area contributed by atoms with Crippen LogP contribution in [0.3, 0.4) is 0 Å². The van der Waals surface area contributed by atoms with Gasteiger partial charge in [-0.05, 0) is 42.2 Å². The minimum absolute atomic E-state index is 0.288. The SMILES string of the molecule is Oc1ccc2ccnc(NCC3CCCCS3)c2c1. The average molecular weight is 274 g/mol. The van der Waals surface area contributed by atoms with Crippen molar-refractivity contribution in [3.05, 3.63) is 30.5 Å². The van der Waals surface area contributed by atoms with E-state index in [4.69, 9.17) is 0 Å². The lowest BCUT2D eigenvalue weighted by molar-refractivity contribution is 0.476. The van der Waals surface area contributed by atoms with Crippen LogP contribution in [0, 0.1) is 0 Å². The third-order valence-electron chi connectivity index (χ3n) is 3.52. The largest absolute Gasteiger partial charge is 0.508 e. The molecular formula is C15H18N2OS. The number of pyridine rings is 1. The third-order valence-corrected chi connectivity index (χ3v) is 4.92. The summed E-state index contributed by atoms with van der Waals surface area (Å²) in [5.74, 6) is 2.44. The molecule has 3 nitrogen and oxygen atoms in total. The molecule has 1 atom stereocenters. The summed E-state index contributed by atoms with van der Waals surface area (Å²) >= 11 is 2.05. The Morgan fingerprint density at radius 3 is 3.11 bits per heavy atom. The van der Waals surface area contributed by atoms with Gasteiger partial charge in [0.2, 0.25) is 0 Å². The predicted molar refractivity (Wildman–Crippen MR) is 82.0 cm³/mol. The highest BCUT2D eigenvalue weighted by atomic mass is 32.2. The van der Waals surface area contributed by atoms with Crippen molar-refractivity contribution < 1.29 is 5.11 Å². The standard InChI is InChI=1S/C15H18N2OS/c18-12-5-4-11-6-7-16-15(14(11)9-12)17-10-13-3-1-2-8-19-13/h4-7,9,13,18H,1-3,8,10H2,(H,16,17). The predicted octanol–water partition coefficient (Wildman–Crippen LogP) is 3.64. The number of fused-ring (bicyclic) bond motifs is 1. The molecule has 2 N–H and O–H groups in total. The van der Waals surface area contributed by atoms with Crippen LogP contribution in [0.15, 0.2) is 30.5 Å². The fourth-order valence-corrected chi connectivity index (χ4v) is 3.71. The summed E-state index contributed by atoms with van der Waals surface area (Å²) in [5, 5.41) is 15.8. The summed E-state index contributed by atoms with van der Waals surface area (Å²) in [5.41, 5.74) is 0. The van der Waals surface area contributed by atoms with Crippen LogP contribution in [-0.2, 0) is 0 Å². The molecule has 0 spiro atoms. The Balaban J connectivity index is 1.78. The van der Waals surface area contributed by atoms with E-state index in [-0.39, 0.29) is 5.75 Å². The molecule has 2 heterocycles. The molecule has 2 aromatic rings. The van der Waals surface area contributed by atoms with Crippen LogP contribution in [-0.4, -0.2) is 27.6 Å². The highest BCUT2D eigenvalue weighted by Gasteiger charge is 2.14. The Morgan fingerprint density at radius 2 is 2.26 bits per heavy atom. The first-order chi connectivity index (χ1) is 9.33. The minimum atomic E-state index is 0.288. The van der Waals surface area contributed by atoms with E-state index < -0.39 is 0 Å². The number of hydrogen-bond donors (Lipinski definition) is 2. The van der Waals surface area contributed by atoms with Crippen molar-refractivity contribution in [2.75, 3.05) is 17.6 Å². The number of aromatic nitrogens is 1. The second-order valence-electron chi connectivity index (χ2n) is 4.93. The summed E-state index contributed by atoms with van der Waals surface area (Å²) in [6, 6.07) is 7.38. The molecule has 0 bridgehead atoms. The maximum atomic E-state index is 9.61. The molecule has 0 radical (unpaired) electrons.